The topological polar surface area (TPSA) is 113 Å². The van der Waals surface area contributed by atoms with Crippen molar-refractivity contribution in [2.24, 2.45) is 23.3 Å². The fourth-order valence-electron chi connectivity index (χ4n) is 6.60. The Morgan fingerprint density at radius 2 is 1.54 bits per heavy atom. The molecule has 0 aliphatic heterocycles. The molecule has 2 aliphatic rings. The first kappa shape index (κ1) is 33.7. The lowest BCUT2D eigenvalue weighted by Crippen LogP contribution is -2.28. The predicted octanol–water partition coefficient (Wildman–Crippen LogP) is 6.39. The van der Waals surface area contributed by atoms with Crippen LogP contribution in [0.25, 0.3) is 0 Å². The Labute approximate surface area is 249 Å². The highest BCUT2D eigenvalue weighted by molar-refractivity contribution is 5.26. The lowest BCUT2D eigenvalue weighted by atomic mass is 9.83. The summed E-state index contributed by atoms with van der Waals surface area (Å²) in [6.45, 7) is 3.56. The Morgan fingerprint density at radius 1 is 0.829 bits per heavy atom. The third kappa shape index (κ3) is 12.2. The molecule has 0 aromatic heterocycles. The van der Waals surface area contributed by atoms with Crippen LogP contribution in [0.15, 0.2) is 48.5 Å². The quantitative estimate of drug-likeness (QED) is 0.191. The van der Waals surface area contributed by atoms with Gasteiger partial charge in [0.05, 0.1) is 17.8 Å². The zero-order chi connectivity index (χ0) is 29.5. The summed E-state index contributed by atoms with van der Waals surface area (Å²) in [6, 6.07) is 16.9. The summed E-state index contributed by atoms with van der Waals surface area (Å²) in [5.74, 6) is 1.22. The fourth-order valence-corrected chi connectivity index (χ4v) is 6.60. The largest absolute Gasteiger partial charge is 0.393 e. The number of nitrogens with two attached hydrogens (primary N) is 2. The van der Waals surface area contributed by atoms with E-state index in [9.17, 15) is 15.3 Å². The minimum absolute atomic E-state index is 0.116. The maximum absolute atomic E-state index is 10.8. The number of benzene rings is 2. The van der Waals surface area contributed by atoms with Crippen LogP contribution in [-0.2, 0) is 19.3 Å². The highest BCUT2D eigenvalue weighted by Gasteiger charge is 2.29. The van der Waals surface area contributed by atoms with Crippen molar-refractivity contribution in [3.05, 3.63) is 70.8 Å². The summed E-state index contributed by atoms with van der Waals surface area (Å²) < 4.78 is 0. The molecular weight excluding hydrogens is 508 g/mol. The van der Waals surface area contributed by atoms with E-state index < -0.39 is 11.7 Å². The summed E-state index contributed by atoms with van der Waals surface area (Å²) in [6.07, 6.45) is 16.1. The number of aliphatic hydroxyl groups is 3. The van der Waals surface area contributed by atoms with Gasteiger partial charge in [-0.1, -0.05) is 81.1 Å². The molecule has 230 valence electrons. The monoisotopic (exact) mass is 566 g/mol. The molecule has 0 heterocycles. The molecule has 5 unspecified atom stereocenters. The molecule has 41 heavy (non-hydrogen) atoms. The van der Waals surface area contributed by atoms with Crippen LogP contribution in [0, 0.1) is 11.8 Å². The van der Waals surface area contributed by atoms with Crippen LogP contribution in [0.3, 0.4) is 0 Å². The average Bonchev–Trinajstić information content (AvgIpc) is 3.16. The van der Waals surface area contributed by atoms with Crippen LogP contribution in [0.4, 0.5) is 0 Å². The van der Waals surface area contributed by atoms with E-state index in [1.165, 1.54) is 48.8 Å². The number of aliphatic hydroxyl groups excluding tert-OH is 2. The Morgan fingerprint density at radius 3 is 2.27 bits per heavy atom. The standard InChI is InChI=1S/C19H31NO.C17H27NO2/c1-16-5-3-11-19(21,12-9-16)13-10-18-7-2-6-17(15-18)8-4-14-20;18-11-10-17(20)15-6-3-4-13(12-15)8-9-14-5-1-2-7-16(14)19/h2,6-7,15-16,21H,3-5,8-14,20H2,1H3;3-4,6,12,14,16-17,19-20H,1-2,5,7-11,18H2. The molecule has 7 N–H and O–H groups in total. The van der Waals surface area contributed by atoms with E-state index in [0.29, 0.717) is 18.9 Å². The second-order valence-electron chi connectivity index (χ2n) is 13.0. The van der Waals surface area contributed by atoms with E-state index in [0.717, 1.165) is 82.2 Å². The zero-order valence-electron chi connectivity index (χ0n) is 25.7. The van der Waals surface area contributed by atoms with E-state index in [2.05, 4.69) is 43.3 Å². The summed E-state index contributed by atoms with van der Waals surface area (Å²) in [4.78, 5) is 0. The van der Waals surface area contributed by atoms with Crippen molar-refractivity contribution >= 4 is 0 Å². The van der Waals surface area contributed by atoms with E-state index >= 15 is 0 Å². The SMILES string of the molecule is CC1CCCC(O)(CCc2cccc(CCCN)c2)CC1.NCCC(O)c1cccc(CCC2CCCCC2O)c1. The average molecular weight is 567 g/mol. The Bertz CT molecular complexity index is 998. The van der Waals surface area contributed by atoms with Crippen LogP contribution in [0.1, 0.15) is 119 Å². The molecular formula is C36H58N2O3. The molecule has 2 aliphatic carbocycles. The molecule has 2 saturated carbocycles. The van der Waals surface area contributed by atoms with Gasteiger partial charge in [-0.3, -0.25) is 0 Å². The molecule has 2 aromatic rings. The Kier molecular flexibility index (Phi) is 14.8. The van der Waals surface area contributed by atoms with Gasteiger partial charge in [-0.2, -0.15) is 0 Å². The van der Waals surface area contributed by atoms with Crippen molar-refractivity contribution in [3.63, 3.8) is 0 Å². The van der Waals surface area contributed by atoms with Gasteiger partial charge in [0.15, 0.2) is 0 Å². The molecule has 5 nitrogen and oxygen atoms in total. The van der Waals surface area contributed by atoms with E-state index in [1.54, 1.807) is 0 Å². The lowest BCUT2D eigenvalue weighted by molar-refractivity contribution is 0.0159. The van der Waals surface area contributed by atoms with Gasteiger partial charge >= 0.3 is 0 Å². The van der Waals surface area contributed by atoms with Crippen LogP contribution in [-0.4, -0.2) is 40.1 Å². The van der Waals surface area contributed by atoms with Gasteiger partial charge in [-0.25, -0.2) is 0 Å². The van der Waals surface area contributed by atoms with E-state index in [1.807, 2.05) is 12.1 Å². The third-order valence-corrected chi connectivity index (χ3v) is 9.43. The molecule has 2 aromatic carbocycles. The molecule has 5 atom stereocenters. The van der Waals surface area contributed by atoms with Gasteiger partial charge in [0.2, 0.25) is 0 Å². The minimum Gasteiger partial charge on any atom is -0.393 e. The van der Waals surface area contributed by atoms with Crippen molar-refractivity contribution in [1.29, 1.82) is 0 Å². The number of hydrogen-bond acceptors (Lipinski definition) is 5. The molecule has 0 radical (unpaired) electrons. The first-order valence-corrected chi connectivity index (χ1v) is 16.5. The smallest absolute Gasteiger partial charge is 0.0802 e. The minimum atomic E-state index is -0.458. The van der Waals surface area contributed by atoms with Gasteiger partial charge in [-0.15, -0.1) is 0 Å². The van der Waals surface area contributed by atoms with Crippen LogP contribution >= 0.6 is 0 Å². The number of hydrogen-bond donors (Lipinski definition) is 5. The van der Waals surface area contributed by atoms with E-state index in [4.69, 9.17) is 11.5 Å². The van der Waals surface area contributed by atoms with Crippen LogP contribution < -0.4 is 11.5 Å². The molecule has 5 heteroatoms. The molecule has 0 spiro atoms. The van der Waals surface area contributed by atoms with Gasteiger partial charge in [-0.05, 0) is 124 Å². The van der Waals surface area contributed by atoms with Gasteiger partial charge in [0, 0.05) is 0 Å². The Hall–Kier alpha value is -1.76. The van der Waals surface area contributed by atoms with Crippen molar-refractivity contribution in [2.45, 2.75) is 127 Å². The van der Waals surface area contributed by atoms with Gasteiger partial charge in [0.25, 0.3) is 0 Å². The van der Waals surface area contributed by atoms with Crippen LogP contribution in [0.5, 0.6) is 0 Å². The first-order valence-electron chi connectivity index (χ1n) is 16.5. The van der Waals surface area contributed by atoms with Crippen molar-refractivity contribution in [1.82, 2.24) is 0 Å². The fraction of sp³-hybridized carbons (Fsp3) is 0.667. The summed E-state index contributed by atoms with van der Waals surface area (Å²) in [5.41, 5.74) is 15.6. The Balaban J connectivity index is 0.000000226. The zero-order valence-corrected chi connectivity index (χ0v) is 25.7. The molecule has 0 amide bonds. The normalized spacial score (nSPS) is 25.6. The molecule has 4 rings (SSSR count). The maximum atomic E-state index is 10.8. The molecule has 0 saturated heterocycles. The van der Waals surface area contributed by atoms with Crippen molar-refractivity contribution in [2.75, 3.05) is 13.1 Å². The van der Waals surface area contributed by atoms with E-state index in [-0.39, 0.29) is 6.10 Å². The second kappa shape index (κ2) is 18.0. The predicted molar refractivity (Wildman–Crippen MR) is 171 cm³/mol. The van der Waals surface area contributed by atoms with Crippen molar-refractivity contribution in [3.8, 4) is 0 Å². The summed E-state index contributed by atoms with van der Waals surface area (Å²) in [5, 5.41) is 30.8. The van der Waals surface area contributed by atoms with Gasteiger partial charge in [0.1, 0.15) is 0 Å². The molecule has 0 bridgehead atoms. The molecule has 2 fully saturated rings. The highest BCUT2D eigenvalue weighted by atomic mass is 16.3. The third-order valence-electron chi connectivity index (χ3n) is 9.43. The number of aryl methyl sites for hydroxylation is 3. The number of rotatable bonds is 12. The summed E-state index contributed by atoms with van der Waals surface area (Å²) >= 11 is 0. The first-order chi connectivity index (χ1) is 19.8. The van der Waals surface area contributed by atoms with Gasteiger partial charge < -0.3 is 26.8 Å². The lowest BCUT2D eigenvalue weighted by Gasteiger charge is -2.27. The summed E-state index contributed by atoms with van der Waals surface area (Å²) in [7, 11) is 0. The van der Waals surface area contributed by atoms with Crippen LogP contribution in [0.2, 0.25) is 0 Å². The maximum Gasteiger partial charge on any atom is 0.0802 e. The highest BCUT2D eigenvalue weighted by Crippen LogP contribution is 2.33. The second-order valence-corrected chi connectivity index (χ2v) is 13.0. The van der Waals surface area contributed by atoms with Crippen molar-refractivity contribution < 1.29 is 15.3 Å².